The molecule has 0 aromatic heterocycles. The van der Waals surface area contributed by atoms with E-state index in [1.54, 1.807) is 4.90 Å². The van der Waals surface area contributed by atoms with E-state index in [0.29, 0.717) is 13.0 Å². The molecule has 0 aromatic carbocycles. The van der Waals surface area contributed by atoms with E-state index in [4.69, 9.17) is 4.74 Å². The van der Waals surface area contributed by atoms with E-state index in [2.05, 4.69) is 5.32 Å². The number of amides is 1. The van der Waals surface area contributed by atoms with Crippen molar-refractivity contribution in [3.63, 3.8) is 0 Å². The van der Waals surface area contributed by atoms with Crippen molar-refractivity contribution in [3.8, 4) is 0 Å². The average molecular weight is 282 g/mol. The smallest absolute Gasteiger partial charge is 0.242 e. The van der Waals surface area contributed by atoms with Crippen LogP contribution in [0.4, 0.5) is 0 Å². The van der Waals surface area contributed by atoms with E-state index in [9.17, 15) is 9.59 Å². The van der Waals surface area contributed by atoms with Gasteiger partial charge >= 0.3 is 0 Å². The number of ether oxygens (including phenoxy) is 1. The fourth-order valence-corrected chi connectivity index (χ4v) is 3.08. The Morgan fingerprint density at radius 1 is 1.25 bits per heavy atom. The summed E-state index contributed by atoms with van der Waals surface area (Å²) in [5.74, 6) is 0.124. The largest absolute Gasteiger partial charge is 0.358 e. The van der Waals surface area contributed by atoms with Gasteiger partial charge in [-0.1, -0.05) is 27.7 Å². The van der Waals surface area contributed by atoms with Gasteiger partial charge in [0.05, 0.1) is 18.7 Å². The standard InChI is InChI=1S/C15H26N2O3/c1-9(2)14(18)12-5-6-13-17(12)15(19)11(7-8-20-13)16-10(3)4/h9-13,16H,5-8H2,1-4H3. The topological polar surface area (TPSA) is 58.6 Å². The van der Waals surface area contributed by atoms with Crippen molar-refractivity contribution in [1.29, 1.82) is 0 Å². The SMILES string of the molecule is CC(C)NC1CCOC2CCC(C(=O)C(C)C)N2C1=O. The normalized spacial score (nSPS) is 30.8. The lowest BCUT2D eigenvalue weighted by Crippen LogP contribution is -2.53. The molecule has 3 unspecified atom stereocenters. The molecule has 1 amide bonds. The molecule has 3 atom stereocenters. The molecule has 2 heterocycles. The average Bonchev–Trinajstić information content (AvgIpc) is 2.72. The van der Waals surface area contributed by atoms with Crippen molar-refractivity contribution < 1.29 is 14.3 Å². The van der Waals surface area contributed by atoms with Crippen molar-refractivity contribution >= 4 is 11.7 Å². The lowest BCUT2D eigenvalue weighted by molar-refractivity contribution is -0.148. The molecular weight excluding hydrogens is 256 g/mol. The molecule has 2 aliphatic rings. The monoisotopic (exact) mass is 282 g/mol. The molecule has 2 aliphatic heterocycles. The summed E-state index contributed by atoms with van der Waals surface area (Å²) in [5.41, 5.74) is 0. The first-order chi connectivity index (χ1) is 9.41. The Kier molecular flexibility index (Phi) is 4.81. The minimum Gasteiger partial charge on any atom is -0.358 e. The Morgan fingerprint density at radius 2 is 1.95 bits per heavy atom. The van der Waals surface area contributed by atoms with Crippen LogP contribution in [0.5, 0.6) is 0 Å². The first kappa shape index (κ1) is 15.4. The third-order valence-electron chi connectivity index (χ3n) is 4.03. The summed E-state index contributed by atoms with van der Waals surface area (Å²) < 4.78 is 5.78. The van der Waals surface area contributed by atoms with Crippen LogP contribution in [0.15, 0.2) is 0 Å². The Hall–Kier alpha value is -0.940. The maximum atomic E-state index is 12.7. The highest BCUT2D eigenvalue weighted by Crippen LogP contribution is 2.30. The third-order valence-corrected chi connectivity index (χ3v) is 4.03. The first-order valence-corrected chi connectivity index (χ1v) is 7.65. The van der Waals surface area contributed by atoms with Gasteiger partial charge in [0.1, 0.15) is 6.23 Å². The molecule has 0 saturated carbocycles. The quantitative estimate of drug-likeness (QED) is 0.845. The summed E-state index contributed by atoms with van der Waals surface area (Å²) in [6.07, 6.45) is 1.95. The van der Waals surface area contributed by atoms with Gasteiger partial charge in [-0.2, -0.15) is 0 Å². The summed E-state index contributed by atoms with van der Waals surface area (Å²) in [7, 11) is 0. The van der Waals surface area contributed by atoms with Crippen LogP contribution in [-0.2, 0) is 14.3 Å². The van der Waals surface area contributed by atoms with Gasteiger partial charge in [0.2, 0.25) is 5.91 Å². The second-order valence-electron chi connectivity index (χ2n) is 6.38. The van der Waals surface area contributed by atoms with Gasteiger partial charge < -0.3 is 15.0 Å². The highest BCUT2D eigenvalue weighted by Gasteiger charge is 2.45. The minimum atomic E-state index is -0.304. The Morgan fingerprint density at radius 3 is 2.55 bits per heavy atom. The summed E-state index contributed by atoms with van der Waals surface area (Å²) in [6.45, 7) is 8.40. The van der Waals surface area contributed by atoms with E-state index in [1.807, 2.05) is 27.7 Å². The van der Waals surface area contributed by atoms with Gasteiger partial charge in [0, 0.05) is 12.0 Å². The summed E-state index contributed by atoms with van der Waals surface area (Å²) >= 11 is 0. The molecule has 20 heavy (non-hydrogen) atoms. The number of carbonyl (C=O) groups excluding carboxylic acids is 2. The van der Waals surface area contributed by atoms with E-state index in [0.717, 1.165) is 12.8 Å². The van der Waals surface area contributed by atoms with Crippen molar-refractivity contribution in [2.75, 3.05) is 6.61 Å². The van der Waals surface area contributed by atoms with Gasteiger partial charge in [-0.05, 0) is 19.3 Å². The van der Waals surface area contributed by atoms with Crippen LogP contribution in [-0.4, -0.2) is 47.6 Å². The maximum absolute atomic E-state index is 12.7. The lowest BCUT2D eigenvalue weighted by atomic mass is 9.99. The van der Waals surface area contributed by atoms with Crippen LogP contribution in [0.25, 0.3) is 0 Å². The van der Waals surface area contributed by atoms with Gasteiger partial charge in [0.25, 0.3) is 0 Å². The zero-order valence-electron chi connectivity index (χ0n) is 12.9. The summed E-state index contributed by atoms with van der Waals surface area (Å²) in [4.78, 5) is 26.8. The summed E-state index contributed by atoms with van der Waals surface area (Å²) in [6, 6.07) is -0.301. The van der Waals surface area contributed by atoms with Gasteiger partial charge in [-0.25, -0.2) is 0 Å². The number of nitrogens with one attached hydrogen (secondary N) is 1. The Bertz CT molecular complexity index is 381. The molecule has 114 valence electrons. The molecule has 0 bridgehead atoms. The third kappa shape index (κ3) is 3.04. The molecule has 0 aromatic rings. The van der Waals surface area contributed by atoms with E-state index in [1.165, 1.54) is 0 Å². The number of fused-ring (bicyclic) bond motifs is 1. The van der Waals surface area contributed by atoms with Crippen molar-refractivity contribution in [2.24, 2.45) is 5.92 Å². The minimum absolute atomic E-state index is 0.0256. The highest BCUT2D eigenvalue weighted by molar-refractivity contribution is 5.92. The number of Topliss-reactive ketones (excluding diaryl/α,β-unsaturated/α-hetero) is 1. The number of ketones is 1. The zero-order valence-corrected chi connectivity index (χ0v) is 12.9. The van der Waals surface area contributed by atoms with Crippen molar-refractivity contribution in [3.05, 3.63) is 0 Å². The highest BCUT2D eigenvalue weighted by atomic mass is 16.5. The van der Waals surface area contributed by atoms with Gasteiger partial charge in [0.15, 0.2) is 5.78 Å². The second-order valence-corrected chi connectivity index (χ2v) is 6.38. The first-order valence-electron chi connectivity index (χ1n) is 7.65. The van der Waals surface area contributed by atoms with Crippen LogP contribution in [0.1, 0.15) is 47.0 Å². The lowest BCUT2D eigenvalue weighted by Gasteiger charge is -2.31. The van der Waals surface area contributed by atoms with Crippen molar-refractivity contribution in [2.45, 2.75) is 71.3 Å². The molecule has 2 saturated heterocycles. The fourth-order valence-electron chi connectivity index (χ4n) is 3.08. The second kappa shape index (κ2) is 6.22. The maximum Gasteiger partial charge on any atom is 0.242 e. The number of hydrogen-bond donors (Lipinski definition) is 1. The molecule has 2 fully saturated rings. The number of nitrogens with zero attached hydrogens (tertiary/aromatic N) is 1. The number of hydrogen-bond acceptors (Lipinski definition) is 4. The molecule has 5 heteroatoms. The molecule has 5 nitrogen and oxygen atoms in total. The van der Waals surface area contributed by atoms with E-state index in [-0.39, 0.29) is 42.0 Å². The predicted octanol–water partition coefficient (Wildman–Crippen LogP) is 1.32. The van der Waals surface area contributed by atoms with Crippen LogP contribution < -0.4 is 5.32 Å². The molecule has 1 N–H and O–H groups in total. The molecule has 0 spiro atoms. The van der Waals surface area contributed by atoms with Crippen LogP contribution in [0, 0.1) is 5.92 Å². The molecular formula is C15H26N2O3. The van der Waals surface area contributed by atoms with Crippen molar-refractivity contribution in [1.82, 2.24) is 10.2 Å². The fraction of sp³-hybridized carbons (Fsp3) is 0.867. The Balaban J connectivity index is 2.18. The molecule has 0 radical (unpaired) electrons. The van der Waals surface area contributed by atoms with E-state index >= 15 is 0 Å². The van der Waals surface area contributed by atoms with Crippen LogP contribution in [0.3, 0.4) is 0 Å². The number of rotatable bonds is 4. The van der Waals surface area contributed by atoms with E-state index < -0.39 is 0 Å². The number of carbonyl (C=O) groups is 2. The molecule has 0 aliphatic carbocycles. The van der Waals surface area contributed by atoms with Crippen LogP contribution >= 0.6 is 0 Å². The van der Waals surface area contributed by atoms with Gasteiger partial charge in [-0.3, -0.25) is 9.59 Å². The molecule has 2 rings (SSSR count). The van der Waals surface area contributed by atoms with Gasteiger partial charge in [-0.15, -0.1) is 0 Å². The zero-order chi connectivity index (χ0) is 14.9. The Labute approximate surface area is 121 Å². The van der Waals surface area contributed by atoms with Crippen LogP contribution in [0.2, 0.25) is 0 Å². The summed E-state index contributed by atoms with van der Waals surface area (Å²) in [5, 5.41) is 3.29. The predicted molar refractivity (Wildman–Crippen MR) is 76.1 cm³/mol.